The fourth-order valence-corrected chi connectivity index (χ4v) is 2.87. The van der Waals surface area contributed by atoms with Crippen LogP contribution in [0.4, 0.5) is 4.39 Å². The first-order chi connectivity index (χ1) is 12.7. The lowest BCUT2D eigenvalue weighted by Gasteiger charge is -2.11. The number of imidazole rings is 1. The molecule has 0 fully saturated rings. The van der Waals surface area contributed by atoms with Crippen LogP contribution in [0, 0.1) is 12.7 Å². The maximum absolute atomic E-state index is 13.2. The van der Waals surface area contributed by atoms with Gasteiger partial charge in [0.15, 0.2) is 5.96 Å². The van der Waals surface area contributed by atoms with E-state index in [2.05, 4.69) is 44.2 Å². The number of aryl methyl sites for hydroxylation is 1. The van der Waals surface area contributed by atoms with Crippen molar-refractivity contribution in [3.63, 3.8) is 0 Å². The highest BCUT2D eigenvalue weighted by atomic mass is 127. The number of benzene rings is 1. The van der Waals surface area contributed by atoms with Gasteiger partial charge in [-0.2, -0.15) is 0 Å². The van der Waals surface area contributed by atoms with Gasteiger partial charge in [-0.05, 0) is 42.7 Å². The second kappa shape index (κ2) is 10.2. The molecule has 0 unspecified atom stereocenters. The third-order valence-electron chi connectivity index (χ3n) is 4.22. The minimum absolute atomic E-state index is 0. The SMILES string of the molecule is CN=C(NCCc1cccc(F)c1)NCCc1cn2cccc(C)c2n1.I. The van der Waals surface area contributed by atoms with Crippen molar-refractivity contribution >= 4 is 35.6 Å². The third kappa shape index (κ3) is 5.92. The number of hydrogen-bond donors (Lipinski definition) is 2. The van der Waals surface area contributed by atoms with Crippen molar-refractivity contribution in [2.45, 2.75) is 19.8 Å². The Hall–Kier alpha value is -2.16. The number of pyridine rings is 1. The van der Waals surface area contributed by atoms with E-state index in [0.717, 1.165) is 42.3 Å². The molecule has 2 N–H and O–H groups in total. The summed E-state index contributed by atoms with van der Waals surface area (Å²) in [5.41, 5.74) is 4.18. The Kier molecular flexibility index (Phi) is 8.02. The number of nitrogens with zero attached hydrogens (tertiary/aromatic N) is 3. The minimum atomic E-state index is -0.201. The normalized spacial score (nSPS) is 11.3. The monoisotopic (exact) mass is 481 g/mol. The molecule has 3 aromatic rings. The molecule has 0 aliphatic rings. The number of aliphatic imine (C=N–C) groups is 1. The summed E-state index contributed by atoms with van der Waals surface area (Å²) in [5, 5.41) is 6.54. The number of fused-ring (bicyclic) bond motifs is 1. The van der Waals surface area contributed by atoms with Crippen molar-refractivity contribution in [3.05, 3.63) is 71.4 Å². The van der Waals surface area contributed by atoms with Gasteiger partial charge in [0.05, 0.1) is 5.69 Å². The van der Waals surface area contributed by atoms with Crippen molar-refractivity contribution in [2.75, 3.05) is 20.1 Å². The van der Waals surface area contributed by atoms with Crippen LogP contribution in [-0.2, 0) is 12.8 Å². The van der Waals surface area contributed by atoms with E-state index in [9.17, 15) is 4.39 Å². The number of aromatic nitrogens is 2. The quantitative estimate of drug-likeness (QED) is 0.323. The van der Waals surface area contributed by atoms with Gasteiger partial charge in [-0.25, -0.2) is 9.37 Å². The molecule has 0 radical (unpaired) electrons. The highest BCUT2D eigenvalue weighted by Gasteiger charge is 2.04. The summed E-state index contributed by atoms with van der Waals surface area (Å²) in [6, 6.07) is 10.8. The molecule has 0 aliphatic heterocycles. The molecular weight excluding hydrogens is 456 g/mol. The van der Waals surface area contributed by atoms with Crippen LogP contribution in [0.3, 0.4) is 0 Å². The second-order valence-electron chi connectivity index (χ2n) is 6.21. The van der Waals surface area contributed by atoms with Crippen molar-refractivity contribution < 1.29 is 4.39 Å². The average molecular weight is 481 g/mol. The second-order valence-corrected chi connectivity index (χ2v) is 6.21. The van der Waals surface area contributed by atoms with Crippen molar-refractivity contribution in [2.24, 2.45) is 4.99 Å². The number of nitrogens with one attached hydrogen (secondary N) is 2. The van der Waals surface area contributed by atoms with Gasteiger partial charge < -0.3 is 15.0 Å². The van der Waals surface area contributed by atoms with Crippen LogP contribution in [0.2, 0.25) is 0 Å². The van der Waals surface area contributed by atoms with Crippen LogP contribution in [0.25, 0.3) is 5.65 Å². The predicted molar refractivity (Wildman–Crippen MR) is 119 cm³/mol. The largest absolute Gasteiger partial charge is 0.356 e. The van der Waals surface area contributed by atoms with E-state index in [1.165, 1.54) is 11.6 Å². The van der Waals surface area contributed by atoms with Gasteiger partial charge in [0, 0.05) is 39.0 Å². The highest BCUT2D eigenvalue weighted by molar-refractivity contribution is 14.0. The zero-order chi connectivity index (χ0) is 18.4. The van der Waals surface area contributed by atoms with Gasteiger partial charge in [0.2, 0.25) is 0 Å². The molecular formula is C20H25FIN5. The molecule has 2 aromatic heterocycles. The Balaban J connectivity index is 0.00000261. The van der Waals surface area contributed by atoms with Crippen LogP contribution < -0.4 is 10.6 Å². The van der Waals surface area contributed by atoms with Gasteiger partial charge in [0.1, 0.15) is 11.5 Å². The van der Waals surface area contributed by atoms with Crippen LogP contribution in [-0.4, -0.2) is 35.5 Å². The first kappa shape index (κ1) is 21.1. The fourth-order valence-electron chi connectivity index (χ4n) is 2.87. The number of guanidine groups is 1. The third-order valence-corrected chi connectivity index (χ3v) is 4.22. The Labute approximate surface area is 176 Å². The average Bonchev–Trinajstić information content (AvgIpc) is 3.05. The molecule has 0 amide bonds. The fraction of sp³-hybridized carbons (Fsp3) is 0.300. The summed E-state index contributed by atoms with van der Waals surface area (Å²) >= 11 is 0. The molecule has 7 heteroatoms. The lowest BCUT2D eigenvalue weighted by atomic mass is 10.1. The summed E-state index contributed by atoms with van der Waals surface area (Å²) in [4.78, 5) is 8.89. The number of hydrogen-bond acceptors (Lipinski definition) is 2. The topological polar surface area (TPSA) is 53.7 Å². The van der Waals surface area contributed by atoms with Crippen molar-refractivity contribution in [3.8, 4) is 0 Å². The first-order valence-electron chi connectivity index (χ1n) is 8.78. The maximum Gasteiger partial charge on any atom is 0.190 e. The van der Waals surface area contributed by atoms with Gasteiger partial charge in [-0.15, -0.1) is 24.0 Å². The lowest BCUT2D eigenvalue weighted by Crippen LogP contribution is -2.39. The standard InChI is InChI=1S/C20H24FN5.HI/c1-15-5-4-12-26-14-18(25-19(15)26)9-11-24-20(22-2)23-10-8-16-6-3-7-17(21)13-16;/h3-7,12-14H,8-11H2,1-2H3,(H2,22,23,24);1H. The molecule has 0 spiro atoms. The molecule has 0 bridgehead atoms. The number of rotatable bonds is 6. The first-order valence-corrected chi connectivity index (χ1v) is 8.78. The van der Waals surface area contributed by atoms with E-state index in [1.54, 1.807) is 19.2 Å². The summed E-state index contributed by atoms with van der Waals surface area (Å²) in [6.45, 7) is 3.49. The van der Waals surface area contributed by atoms with E-state index in [-0.39, 0.29) is 29.8 Å². The maximum atomic E-state index is 13.2. The molecule has 0 aliphatic carbocycles. The molecule has 3 rings (SSSR count). The van der Waals surface area contributed by atoms with E-state index in [0.29, 0.717) is 6.54 Å². The summed E-state index contributed by atoms with van der Waals surface area (Å²) in [7, 11) is 1.74. The van der Waals surface area contributed by atoms with Gasteiger partial charge in [-0.1, -0.05) is 18.2 Å². The summed E-state index contributed by atoms with van der Waals surface area (Å²) in [6.07, 6.45) is 5.62. The van der Waals surface area contributed by atoms with Gasteiger partial charge in [-0.3, -0.25) is 4.99 Å². The Bertz CT molecular complexity index is 906. The Morgan fingerprint density at radius 1 is 1.15 bits per heavy atom. The Morgan fingerprint density at radius 3 is 2.63 bits per heavy atom. The van der Waals surface area contributed by atoms with Gasteiger partial charge in [0.25, 0.3) is 0 Å². The van der Waals surface area contributed by atoms with Crippen LogP contribution in [0.15, 0.2) is 53.8 Å². The predicted octanol–water partition coefficient (Wildman–Crippen LogP) is 3.35. The minimum Gasteiger partial charge on any atom is -0.356 e. The molecule has 0 saturated heterocycles. The molecule has 5 nitrogen and oxygen atoms in total. The number of halogens is 2. The molecule has 27 heavy (non-hydrogen) atoms. The molecule has 0 atom stereocenters. The van der Waals surface area contributed by atoms with E-state index >= 15 is 0 Å². The molecule has 144 valence electrons. The van der Waals surface area contributed by atoms with E-state index in [4.69, 9.17) is 0 Å². The smallest absolute Gasteiger partial charge is 0.190 e. The lowest BCUT2D eigenvalue weighted by molar-refractivity contribution is 0.625. The van der Waals surface area contributed by atoms with Crippen LogP contribution in [0.5, 0.6) is 0 Å². The highest BCUT2D eigenvalue weighted by Crippen LogP contribution is 2.10. The Morgan fingerprint density at radius 2 is 1.93 bits per heavy atom. The van der Waals surface area contributed by atoms with Crippen LogP contribution in [0.1, 0.15) is 16.8 Å². The van der Waals surface area contributed by atoms with E-state index in [1.807, 2.05) is 18.3 Å². The summed E-state index contributed by atoms with van der Waals surface area (Å²) < 4.78 is 15.2. The molecule has 2 heterocycles. The van der Waals surface area contributed by atoms with E-state index < -0.39 is 0 Å². The van der Waals surface area contributed by atoms with Crippen LogP contribution >= 0.6 is 24.0 Å². The molecule has 1 aromatic carbocycles. The zero-order valence-electron chi connectivity index (χ0n) is 15.6. The van der Waals surface area contributed by atoms with Crippen molar-refractivity contribution in [1.82, 2.24) is 20.0 Å². The molecule has 0 saturated carbocycles. The van der Waals surface area contributed by atoms with Gasteiger partial charge >= 0.3 is 0 Å². The summed E-state index contributed by atoms with van der Waals surface area (Å²) in [5.74, 6) is 0.536. The van der Waals surface area contributed by atoms with Crippen molar-refractivity contribution in [1.29, 1.82) is 0 Å². The zero-order valence-corrected chi connectivity index (χ0v) is 17.9.